The molecule has 2 amide bonds. The standard InChI is InChI=1S/C15H28N2O3/c1-11(2)20-8-6-7-16-14(19)12-9-13(18)17(10-12)15(3,4)5/h11-12H,6-10H2,1-5H3,(H,16,19). The zero-order chi connectivity index (χ0) is 15.3. The molecule has 1 unspecified atom stereocenters. The predicted octanol–water partition coefficient (Wildman–Crippen LogP) is 1.56. The fraction of sp³-hybridized carbons (Fsp3) is 0.867. The van der Waals surface area contributed by atoms with E-state index in [4.69, 9.17) is 4.74 Å². The monoisotopic (exact) mass is 284 g/mol. The van der Waals surface area contributed by atoms with Crippen molar-refractivity contribution in [3.8, 4) is 0 Å². The zero-order valence-corrected chi connectivity index (χ0v) is 13.4. The fourth-order valence-corrected chi connectivity index (χ4v) is 2.28. The summed E-state index contributed by atoms with van der Waals surface area (Å²) >= 11 is 0. The number of nitrogens with zero attached hydrogens (tertiary/aromatic N) is 1. The molecule has 0 aromatic heterocycles. The Kier molecular flexibility index (Phi) is 5.99. The molecule has 0 spiro atoms. The van der Waals surface area contributed by atoms with Crippen molar-refractivity contribution in [3.05, 3.63) is 0 Å². The fourth-order valence-electron chi connectivity index (χ4n) is 2.28. The van der Waals surface area contributed by atoms with Crippen LogP contribution in [-0.4, -0.2) is 48.1 Å². The van der Waals surface area contributed by atoms with Crippen LogP contribution >= 0.6 is 0 Å². The highest BCUT2D eigenvalue weighted by Crippen LogP contribution is 2.25. The maximum atomic E-state index is 12.0. The predicted molar refractivity (Wildman–Crippen MR) is 78.3 cm³/mol. The summed E-state index contributed by atoms with van der Waals surface area (Å²) < 4.78 is 5.41. The Hall–Kier alpha value is -1.10. The molecule has 20 heavy (non-hydrogen) atoms. The van der Waals surface area contributed by atoms with E-state index in [0.29, 0.717) is 26.1 Å². The Labute approximate surface area is 122 Å². The number of carbonyl (C=O) groups excluding carboxylic acids is 2. The van der Waals surface area contributed by atoms with E-state index < -0.39 is 0 Å². The lowest BCUT2D eigenvalue weighted by molar-refractivity contribution is -0.132. The molecule has 0 aromatic rings. The van der Waals surface area contributed by atoms with Crippen LogP contribution in [-0.2, 0) is 14.3 Å². The van der Waals surface area contributed by atoms with Gasteiger partial charge in [0, 0.05) is 31.7 Å². The molecule has 116 valence electrons. The number of carbonyl (C=O) groups is 2. The van der Waals surface area contributed by atoms with Crippen LogP contribution in [0, 0.1) is 5.92 Å². The van der Waals surface area contributed by atoms with Gasteiger partial charge in [0.15, 0.2) is 0 Å². The highest BCUT2D eigenvalue weighted by atomic mass is 16.5. The molecule has 1 fully saturated rings. The molecular formula is C15H28N2O3. The van der Waals surface area contributed by atoms with Crippen LogP contribution in [0.2, 0.25) is 0 Å². The molecule has 5 nitrogen and oxygen atoms in total. The Morgan fingerprint density at radius 3 is 2.60 bits per heavy atom. The molecular weight excluding hydrogens is 256 g/mol. The highest BCUT2D eigenvalue weighted by Gasteiger charge is 2.39. The van der Waals surface area contributed by atoms with E-state index >= 15 is 0 Å². The smallest absolute Gasteiger partial charge is 0.225 e. The van der Waals surface area contributed by atoms with Crippen LogP contribution in [0.4, 0.5) is 0 Å². The molecule has 5 heteroatoms. The van der Waals surface area contributed by atoms with Crippen LogP contribution in [0.15, 0.2) is 0 Å². The van der Waals surface area contributed by atoms with E-state index in [9.17, 15) is 9.59 Å². The van der Waals surface area contributed by atoms with E-state index in [1.165, 1.54) is 0 Å². The third kappa shape index (κ3) is 5.12. The Morgan fingerprint density at radius 2 is 2.10 bits per heavy atom. The number of nitrogens with one attached hydrogen (secondary N) is 1. The minimum atomic E-state index is -0.215. The van der Waals surface area contributed by atoms with Gasteiger partial charge in [0.25, 0.3) is 0 Å². The second kappa shape index (κ2) is 7.07. The average molecular weight is 284 g/mol. The van der Waals surface area contributed by atoms with Crippen molar-refractivity contribution in [2.75, 3.05) is 19.7 Å². The summed E-state index contributed by atoms with van der Waals surface area (Å²) in [4.78, 5) is 25.7. The van der Waals surface area contributed by atoms with Crippen molar-refractivity contribution in [3.63, 3.8) is 0 Å². The lowest BCUT2D eigenvalue weighted by Crippen LogP contribution is -2.43. The lowest BCUT2D eigenvalue weighted by Gasteiger charge is -2.31. The second-order valence-electron chi connectivity index (χ2n) is 6.64. The SMILES string of the molecule is CC(C)OCCCNC(=O)C1CC(=O)N(C(C)(C)C)C1. The van der Waals surface area contributed by atoms with Gasteiger partial charge >= 0.3 is 0 Å². The third-order valence-electron chi connectivity index (χ3n) is 3.38. The van der Waals surface area contributed by atoms with Gasteiger partial charge in [-0.1, -0.05) is 0 Å². The van der Waals surface area contributed by atoms with Crippen LogP contribution in [0.5, 0.6) is 0 Å². The zero-order valence-electron chi connectivity index (χ0n) is 13.4. The van der Waals surface area contributed by atoms with Crippen molar-refractivity contribution in [1.82, 2.24) is 10.2 Å². The largest absolute Gasteiger partial charge is 0.379 e. The average Bonchev–Trinajstić information content (AvgIpc) is 2.70. The molecule has 0 saturated carbocycles. The number of ether oxygens (including phenoxy) is 1. The molecule has 1 saturated heterocycles. The molecule has 1 heterocycles. The number of rotatable bonds is 6. The first-order valence-electron chi connectivity index (χ1n) is 7.41. The van der Waals surface area contributed by atoms with Crippen LogP contribution in [0.25, 0.3) is 0 Å². The summed E-state index contributed by atoms with van der Waals surface area (Å²) in [5, 5.41) is 2.89. The van der Waals surface area contributed by atoms with E-state index in [1.54, 1.807) is 4.90 Å². The van der Waals surface area contributed by atoms with Gasteiger partial charge in [-0.3, -0.25) is 9.59 Å². The number of likely N-dealkylation sites (tertiary alicyclic amines) is 1. The molecule has 0 aromatic carbocycles. The van der Waals surface area contributed by atoms with Gasteiger partial charge in [0.2, 0.25) is 11.8 Å². The van der Waals surface area contributed by atoms with Gasteiger partial charge in [-0.2, -0.15) is 0 Å². The molecule has 1 aliphatic rings. The number of hydrogen-bond acceptors (Lipinski definition) is 3. The normalized spacial score (nSPS) is 19.8. The first kappa shape index (κ1) is 17.0. The molecule has 1 N–H and O–H groups in total. The molecule has 0 aliphatic carbocycles. The van der Waals surface area contributed by atoms with Gasteiger partial charge < -0.3 is 15.0 Å². The van der Waals surface area contributed by atoms with Crippen molar-refractivity contribution >= 4 is 11.8 Å². The van der Waals surface area contributed by atoms with Gasteiger partial charge in [0.05, 0.1) is 12.0 Å². The summed E-state index contributed by atoms with van der Waals surface area (Å²) in [6, 6.07) is 0. The quantitative estimate of drug-likeness (QED) is 0.753. The third-order valence-corrected chi connectivity index (χ3v) is 3.38. The van der Waals surface area contributed by atoms with Crippen LogP contribution in [0.3, 0.4) is 0 Å². The van der Waals surface area contributed by atoms with Gasteiger partial charge in [-0.25, -0.2) is 0 Å². The maximum absolute atomic E-state index is 12.0. The first-order chi connectivity index (χ1) is 9.21. The molecule has 0 radical (unpaired) electrons. The first-order valence-corrected chi connectivity index (χ1v) is 7.41. The number of hydrogen-bond donors (Lipinski definition) is 1. The second-order valence-corrected chi connectivity index (χ2v) is 6.64. The molecule has 0 bridgehead atoms. The minimum absolute atomic E-state index is 0.0188. The van der Waals surface area contributed by atoms with Gasteiger partial charge in [0.1, 0.15) is 0 Å². The van der Waals surface area contributed by atoms with Crippen molar-refractivity contribution in [2.24, 2.45) is 5.92 Å². The van der Waals surface area contributed by atoms with Crippen LogP contribution < -0.4 is 5.32 Å². The van der Waals surface area contributed by atoms with Crippen molar-refractivity contribution < 1.29 is 14.3 Å². The lowest BCUT2D eigenvalue weighted by atomic mass is 10.1. The summed E-state index contributed by atoms with van der Waals surface area (Å²) in [7, 11) is 0. The Morgan fingerprint density at radius 1 is 1.45 bits per heavy atom. The van der Waals surface area contributed by atoms with E-state index in [1.807, 2.05) is 34.6 Å². The molecule has 1 aliphatic heterocycles. The summed E-state index contributed by atoms with van der Waals surface area (Å²) in [5.41, 5.74) is -0.211. The maximum Gasteiger partial charge on any atom is 0.225 e. The summed E-state index contributed by atoms with van der Waals surface area (Å²) in [5.74, 6) is -0.164. The van der Waals surface area contributed by atoms with Gasteiger partial charge in [-0.05, 0) is 41.0 Å². The van der Waals surface area contributed by atoms with Crippen molar-refractivity contribution in [1.29, 1.82) is 0 Å². The topological polar surface area (TPSA) is 58.6 Å². The number of amides is 2. The Balaban J connectivity index is 2.30. The van der Waals surface area contributed by atoms with Crippen molar-refractivity contribution in [2.45, 2.75) is 59.1 Å². The van der Waals surface area contributed by atoms with Gasteiger partial charge in [-0.15, -0.1) is 0 Å². The minimum Gasteiger partial charge on any atom is -0.379 e. The van der Waals surface area contributed by atoms with E-state index in [2.05, 4.69) is 5.32 Å². The Bertz CT molecular complexity index is 348. The van der Waals surface area contributed by atoms with E-state index in [0.717, 1.165) is 6.42 Å². The summed E-state index contributed by atoms with van der Waals surface area (Å²) in [6.45, 7) is 11.7. The van der Waals surface area contributed by atoms with E-state index in [-0.39, 0.29) is 29.4 Å². The molecule has 1 rings (SSSR count). The summed E-state index contributed by atoms with van der Waals surface area (Å²) in [6.07, 6.45) is 1.35. The molecule has 1 atom stereocenters. The van der Waals surface area contributed by atoms with Crippen LogP contribution in [0.1, 0.15) is 47.5 Å². The highest BCUT2D eigenvalue weighted by molar-refractivity contribution is 5.89.